The minimum atomic E-state index is -0.121. The molecule has 1 aliphatic rings. The molecule has 30 heavy (non-hydrogen) atoms. The first-order valence-electron chi connectivity index (χ1n) is 9.97. The summed E-state index contributed by atoms with van der Waals surface area (Å²) >= 11 is 1.47. The van der Waals surface area contributed by atoms with E-state index in [0.717, 1.165) is 17.0 Å². The standard InChI is InChI=1S/C22H26N4O3S/c1-13-16(11-19(29-13)30-4)20(27)23-12-14-10-18(22(14,2)3)25-21(28)15-6-5-9-26-17(15)7-8-24-26/h5-9,11,14,18H,10,12H2,1-4H3,(H,23,27)(H,25,28). The van der Waals surface area contributed by atoms with Crippen LogP contribution in [-0.4, -0.2) is 40.3 Å². The summed E-state index contributed by atoms with van der Waals surface area (Å²) in [5.41, 5.74) is 1.86. The van der Waals surface area contributed by atoms with Gasteiger partial charge in [-0.3, -0.25) is 9.59 Å². The van der Waals surface area contributed by atoms with Gasteiger partial charge in [0, 0.05) is 24.8 Å². The Labute approximate surface area is 179 Å². The molecule has 4 rings (SSSR count). The Hall–Kier alpha value is -2.74. The summed E-state index contributed by atoms with van der Waals surface area (Å²) in [5, 5.41) is 11.1. The van der Waals surface area contributed by atoms with Crippen molar-refractivity contribution in [2.75, 3.05) is 12.8 Å². The number of nitrogens with zero attached hydrogens (tertiary/aromatic N) is 2. The van der Waals surface area contributed by atoms with E-state index < -0.39 is 0 Å². The quantitative estimate of drug-likeness (QED) is 0.589. The highest BCUT2D eigenvalue weighted by atomic mass is 32.2. The molecule has 3 heterocycles. The Kier molecular flexibility index (Phi) is 5.36. The van der Waals surface area contributed by atoms with Crippen molar-refractivity contribution in [1.82, 2.24) is 20.2 Å². The maximum absolute atomic E-state index is 12.8. The van der Waals surface area contributed by atoms with E-state index in [-0.39, 0.29) is 29.2 Å². The second-order valence-electron chi connectivity index (χ2n) is 8.31. The zero-order valence-electron chi connectivity index (χ0n) is 17.6. The van der Waals surface area contributed by atoms with Gasteiger partial charge in [0.25, 0.3) is 11.8 Å². The first-order valence-corrected chi connectivity index (χ1v) is 11.2. The highest BCUT2D eigenvalue weighted by Gasteiger charge is 2.48. The molecule has 2 N–H and O–H groups in total. The Morgan fingerprint density at radius 3 is 2.80 bits per heavy atom. The van der Waals surface area contributed by atoms with Crippen molar-refractivity contribution in [3.8, 4) is 0 Å². The molecule has 1 fully saturated rings. The van der Waals surface area contributed by atoms with Crippen LogP contribution in [0.1, 0.15) is 46.7 Å². The molecule has 2 atom stereocenters. The summed E-state index contributed by atoms with van der Waals surface area (Å²) in [4.78, 5) is 25.4. The van der Waals surface area contributed by atoms with Crippen molar-refractivity contribution in [1.29, 1.82) is 0 Å². The number of thioether (sulfide) groups is 1. The number of aryl methyl sites for hydroxylation is 1. The molecule has 0 radical (unpaired) electrons. The summed E-state index contributed by atoms with van der Waals surface area (Å²) in [6.07, 6.45) is 6.24. The number of nitrogens with one attached hydrogen (secondary N) is 2. The molecule has 3 aromatic rings. The summed E-state index contributed by atoms with van der Waals surface area (Å²) in [6, 6.07) is 7.29. The first-order chi connectivity index (χ1) is 14.3. The third kappa shape index (κ3) is 3.60. The fraction of sp³-hybridized carbons (Fsp3) is 0.409. The van der Waals surface area contributed by atoms with Crippen molar-refractivity contribution in [2.24, 2.45) is 11.3 Å². The van der Waals surface area contributed by atoms with E-state index in [1.807, 2.05) is 30.7 Å². The van der Waals surface area contributed by atoms with Crippen LogP contribution in [0.3, 0.4) is 0 Å². The first kappa shape index (κ1) is 20.5. The Bertz CT molecular complexity index is 1100. The molecule has 8 heteroatoms. The van der Waals surface area contributed by atoms with E-state index in [4.69, 9.17) is 4.42 Å². The molecule has 0 saturated heterocycles. The van der Waals surface area contributed by atoms with Crippen molar-refractivity contribution in [3.05, 3.63) is 53.5 Å². The molecule has 0 aliphatic heterocycles. The van der Waals surface area contributed by atoms with Crippen molar-refractivity contribution in [3.63, 3.8) is 0 Å². The van der Waals surface area contributed by atoms with Crippen LogP contribution in [0, 0.1) is 18.3 Å². The highest BCUT2D eigenvalue weighted by molar-refractivity contribution is 7.98. The molecule has 158 valence electrons. The number of carbonyl (C=O) groups excluding carboxylic acids is 2. The number of pyridine rings is 1. The lowest BCUT2D eigenvalue weighted by Gasteiger charge is -2.52. The number of hydrogen-bond acceptors (Lipinski definition) is 5. The molecular formula is C22H26N4O3S. The van der Waals surface area contributed by atoms with Gasteiger partial charge in [0.05, 0.1) is 22.8 Å². The Morgan fingerprint density at radius 1 is 1.30 bits per heavy atom. The van der Waals surface area contributed by atoms with Gasteiger partial charge in [-0.2, -0.15) is 5.10 Å². The van der Waals surface area contributed by atoms with Crippen LogP contribution in [-0.2, 0) is 0 Å². The Morgan fingerprint density at radius 2 is 2.10 bits per heavy atom. The van der Waals surface area contributed by atoms with E-state index in [9.17, 15) is 9.59 Å². The largest absolute Gasteiger partial charge is 0.454 e. The van der Waals surface area contributed by atoms with Crippen LogP contribution in [0.25, 0.3) is 5.52 Å². The number of aromatic nitrogens is 2. The van der Waals surface area contributed by atoms with Gasteiger partial charge in [-0.25, -0.2) is 4.52 Å². The van der Waals surface area contributed by atoms with E-state index in [1.165, 1.54) is 11.8 Å². The zero-order valence-corrected chi connectivity index (χ0v) is 18.4. The predicted molar refractivity (Wildman–Crippen MR) is 116 cm³/mol. The zero-order chi connectivity index (χ0) is 21.5. The van der Waals surface area contributed by atoms with Crippen LogP contribution in [0.4, 0.5) is 0 Å². The van der Waals surface area contributed by atoms with Crippen molar-refractivity contribution >= 4 is 29.1 Å². The van der Waals surface area contributed by atoms with E-state index in [0.29, 0.717) is 23.4 Å². The second kappa shape index (κ2) is 7.83. The second-order valence-corrected chi connectivity index (χ2v) is 9.12. The summed E-state index contributed by atoms with van der Waals surface area (Å²) in [5.74, 6) is 0.696. The van der Waals surface area contributed by atoms with Gasteiger partial charge in [-0.15, -0.1) is 0 Å². The fourth-order valence-electron chi connectivity index (χ4n) is 4.08. The van der Waals surface area contributed by atoms with Gasteiger partial charge in [0.2, 0.25) is 0 Å². The van der Waals surface area contributed by atoms with Gasteiger partial charge >= 0.3 is 0 Å². The van der Waals surface area contributed by atoms with E-state index in [1.54, 1.807) is 23.7 Å². The average molecular weight is 427 g/mol. The number of rotatable bonds is 6. The van der Waals surface area contributed by atoms with Crippen LogP contribution in [0.2, 0.25) is 0 Å². The molecule has 7 nitrogen and oxygen atoms in total. The lowest BCUT2D eigenvalue weighted by atomic mass is 9.58. The SMILES string of the molecule is CSc1cc(C(=O)NCC2CC(NC(=O)c3cccn4nccc34)C2(C)C)c(C)o1. The summed E-state index contributed by atoms with van der Waals surface area (Å²) in [6.45, 7) is 6.63. The van der Waals surface area contributed by atoms with E-state index >= 15 is 0 Å². The maximum atomic E-state index is 12.8. The molecule has 0 spiro atoms. The minimum Gasteiger partial charge on any atom is -0.454 e. The predicted octanol–water partition coefficient (Wildman–Crippen LogP) is 3.53. The number of amides is 2. The highest BCUT2D eigenvalue weighted by Crippen LogP contribution is 2.46. The van der Waals surface area contributed by atoms with E-state index in [2.05, 4.69) is 29.6 Å². The Balaban J connectivity index is 1.35. The van der Waals surface area contributed by atoms with Gasteiger partial charge < -0.3 is 15.1 Å². The van der Waals surface area contributed by atoms with Gasteiger partial charge in [0.15, 0.2) is 5.09 Å². The topological polar surface area (TPSA) is 88.6 Å². The average Bonchev–Trinajstić information content (AvgIpc) is 3.35. The molecule has 3 aromatic heterocycles. The summed E-state index contributed by atoms with van der Waals surface area (Å²) < 4.78 is 7.24. The molecule has 0 aromatic carbocycles. The summed E-state index contributed by atoms with van der Waals surface area (Å²) in [7, 11) is 0. The minimum absolute atomic E-state index is 0.0498. The smallest absolute Gasteiger partial charge is 0.254 e. The normalized spacial score (nSPS) is 20.0. The lowest BCUT2D eigenvalue weighted by molar-refractivity contribution is 0.0150. The molecule has 0 bridgehead atoms. The molecule has 2 unspecified atom stereocenters. The number of carbonyl (C=O) groups is 2. The van der Waals surface area contributed by atoms with Crippen LogP contribution in [0.5, 0.6) is 0 Å². The van der Waals surface area contributed by atoms with Crippen LogP contribution >= 0.6 is 11.8 Å². The fourth-order valence-corrected chi connectivity index (χ4v) is 4.52. The van der Waals surface area contributed by atoms with Crippen molar-refractivity contribution < 1.29 is 14.0 Å². The third-order valence-electron chi connectivity index (χ3n) is 6.31. The lowest BCUT2D eigenvalue weighted by Crippen LogP contribution is -2.60. The van der Waals surface area contributed by atoms with Crippen LogP contribution in [0.15, 0.2) is 46.2 Å². The van der Waals surface area contributed by atoms with Gasteiger partial charge in [-0.1, -0.05) is 25.6 Å². The van der Waals surface area contributed by atoms with Gasteiger partial charge in [-0.05, 0) is 49.1 Å². The third-order valence-corrected chi connectivity index (χ3v) is 6.91. The number of hydrogen-bond donors (Lipinski definition) is 2. The number of furan rings is 1. The maximum Gasteiger partial charge on any atom is 0.254 e. The molecule has 2 amide bonds. The molecule has 1 saturated carbocycles. The van der Waals surface area contributed by atoms with Gasteiger partial charge in [0.1, 0.15) is 5.76 Å². The van der Waals surface area contributed by atoms with Crippen LogP contribution < -0.4 is 10.6 Å². The monoisotopic (exact) mass is 426 g/mol. The molecular weight excluding hydrogens is 400 g/mol. The van der Waals surface area contributed by atoms with Crippen molar-refractivity contribution in [2.45, 2.75) is 38.3 Å². The molecule has 1 aliphatic carbocycles. The number of fused-ring (bicyclic) bond motifs is 1.